The number of nitrogens with one attached hydrogen (secondary N) is 1. The molecule has 0 saturated heterocycles. The third-order valence-corrected chi connectivity index (χ3v) is 4.29. The van der Waals surface area contributed by atoms with Crippen LogP contribution in [0.2, 0.25) is 0 Å². The van der Waals surface area contributed by atoms with E-state index < -0.39 is 11.3 Å². The van der Waals surface area contributed by atoms with Crippen molar-refractivity contribution in [2.75, 3.05) is 20.3 Å². The first-order chi connectivity index (χ1) is 12.8. The van der Waals surface area contributed by atoms with Gasteiger partial charge in [-0.3, -0.25) is 14.4 Å². The molecule has 0 aliphatic carbocycles. The number of nitrogens with zero attached hydrogens (tertiary/aromatic N) is 2. The van der Waals surface area contributed by atoms with Crippen LogP contribution in [-0.2, 0) is 18.8 Å². The standard InChI is InChI=1S/C19H23N3O5/c1-12-11-16(24)17(19(26)21(12)2)15(23)8-6-13-5-7-14(22(13)3)18(25)20-9-10-27-4/h5-8,11,24H,9-10H2,1-4H3,(H,20,25)/b8-6+. The Morgan fingerprint density at radius 2 is 1.96 bits per heavy atom. The van der Waals surface area contributed by atoms with Crippen LogP contribution in [0, 0.1) is 6.92 Å². The number of carbonyl (C=O) groups excluding carboxylic acids is 2. The number of aromatic hydroxyl groups is 1. The van der Waals surface area contributed by atoms with Crippen LogP contribution >= 0.6 is 0 Å². The van der Waals surface area contributed by atoms with Crippen molar-refractivity contribution in [2.24, 2.45) is 14.1 Å². The zero-order chi connectivity index (χ0) is 20.1. The monoisotopic (exact) mass is 373 g/mol. The molecule has 2 heterocycles. The van der Waals surface area contributed by atoms with E-state index in [1.165, 1.54) is 29.8 Å². The van der Waals surface area contributed by atoms with Crippen molar-refractivity contribution >= 4 is 17.8 Å². The molecule has 0 fully saturated rings. The molecule has 8 nitrogen and oxygen atoms in total. The summed E-state index contributed by atoms with van der Waals surface area (Å²) in [5.41, 5.74) is 0.721. The minimum absolute atomic E-state index is 0.259. The summed E-state index contributed by atoms with van der Waals surface area (Å²) in [5, 5.41) is 12.7. The quantitative estimate of drug-likeness (QED) is 0.428. The van der Waals surface area contributed by atoms with Gasteiger partial charge in [0, 0.05) is 45.2 Å². The van der Waals surface area contributed by atoms with E-state index in [-0.39, 0.29) is 17.2 Å². The Hall–Kier alpha value is -3.13. The molecular weight excluding hydrogens is 350 g/mol. The van der Waals surface area contributed by atoms with Gasteiger partial charge in [0.2, 0.25) is 0 Å². The third kappa shape index (κ3) is 4.35. The fourth-order valence-electron chi connectivity index (χ4n) is 2.56. The summed E-state index contributed by atoms with van der Waals surface area (Å²) in [6.45, 7) is 2.46. The molecule has 2 aromatic rings. The molecule has 27 heavy (non-hydrogen) atoms. The van der Waals surface area contributed by atoms with Crippen molar-refractivity contribution in [1.82, 2.24) is 14.5 Å². The second-order valence-corrected chi connectivity index (χ2v) is 6.06. The van der Waals surface area contributed by atoms with Crippen molar-refractivity contribution in [2.45, 2.75) is 6.92 Å². The summed E-state index contributed by atoms with van der Waals surface area (Å²) in [7, 11) is 4.77. The summed E-state index contributed by atoms with van der Waals surface area (Å²) in [6, 6.07) is 4.68. The summed E-state index contributed by atoms with van der Waals surface area (Å²) in [5.74, 6) is -1.22. The maximum absolute atomic E-state index is 12.4. The first kappa shape index (κ1) is 20.2. The maximum Gasteiger partial charge on any atom is 0.267 e. The van der Waals surface area contributed by atoms with Crippen LogP contribution in [0.5, 0.6) is 5.75 Å². The second kappa shape index (κ2) is 8.50. The normalized spacial score (nSPS) is 11.1. The van der Waals surface area contributed by atoms with Gasteiger partial charge >= 0.3 is 0 Å². The van der Waals surface area contributed by atoms with Crippen molar-refractivity contribution in [3.05, 3.63) is 57.3 Å². The highest BCUT2D eigenvalue weighted by Crippen LogP contribution is 2.16. The maximum atomic E-state index is 12.4. The molecule has 0 aromatic carbocycles. The van der Waals surface area contributed by atoms with Crippen LogP contribution in [0.25, 0.3) is 6.08 Å². The molecule has 1 amide bonds. The van der Waals surface area contributed by atoms with Gasteiger partial charge in [0.1, 0.15) is 17.0 Å². The predicted octanol–water partition coefficient (Wildman–Crippen LogP) is 1.01. The predicted molar refractivity (Wildman–Crippen MR) is 101 cm³/mol. The van der Waals surface area contributed by atoms with E-state index in [1.54, 1.807) is 37.8 Å². The van der Waals surface area contributed by atoms with Crippen molar-refractivity contribution in [1.29, 1.82) is 0 Å². The van der Waals surface area contributed by atoms with Crippen molar-refractivity contribution in [3.8, 4) is 5.75 Å². The Bertz CT molecular complexity index is 953. The van der Waals surface area contributed by atoms with Crippen LogP contribution in [0.15, 0.2) is 29.1 Å². The molecule has 0 saturated carbocycles. The zero-order valence-electron chi connectivity index (χ0n) is 15.8. The molecule has 0 aliphatic heterocycles. The SMILES string of the molecule is COCCNC(=O)c1ccc(/C=C/C(=O)c2c(O)cc(C)n(C)c2=O)n1C. The number of aryl methyl sites for hydroxylation is 1. The molecule has 144 valence electrons. The summed E-state index contributed by atoms with van der Waals surface area (Å²) in [6.07, 6.45) is 2.70. The highest BCUT2D eigenvalue weighted by molar-refractivity contribution is 6.08. The van der Waals surface area contributed by atoms with E-state index in [0.29, 0.717) is 30.2 Å². The molecule has 0 radical (unpaired) electrons. The van der Waals surface area contributed by atoms with Gasteiger partial charge in [0.25, 0.3) is 11.5 Å². The fraction of sp³-hybridized carbons (Fsp3) is 0.316. The number of aromatic nitrogens is 2. The van der Waals surface area contributed by atoms with Crippen LogP contribution < -0.4 is 10.9 Å². The Kier molecular flexibility index (Phi) is 6.36. The van der Waals surface area contributed by atoms with E-state index in [2.05, 4.69) is 5.32 Å². The highest BCUT2D eigenvalue weighted by atomic mass is 16.5. The Morgan fingerprint density at radius 3 is 2.63 bits per heavy atom. The molecule has 8 heteroatoms. The number of hydrogen-bond donors (Lipinski definition) is 2. The van der Waals surface area contributed by atoms with Gasteiger partial charge in [-0.2, -0.15) is 0 Å². The molecule has 0 atom stereocenters. The van der Waals surface area contributed by atoms with Crippen LogP contribution in [0.4, 0.5) is 0 Å². The summed E-state index contributed by atoms with van der Waals surface area (Å²) < 4.78 is 7.81. The van der Waals surface area contributed by atoms with Gasteiger partial charge in [-0.1, -0.05) is 0 Å². The minimum atomic E-state index is -0.611. The molecule has 0 spiro atoms. The molecule has 0 aliphatic rings. The Labute approximate surface area is 156 Å². The van der Waals surface area contributed by atoms with Gasteiger partial charge in [0.15, 0.2) is 5.78 Å². The highest BCUT2D eigenvalue weighted by Gasteiger charge is 2.17. The lowest BCUT2D eigenvalue weighted by Gasteiger charge is -2.08. The number of allylic oxidation sites excluding steroid dienone is 1. The summed E-state index contributed by atoms with van der Waals surface area (Å²) in [4.78, 5) is 36.7. The van der Waals surface area contributed by atoms with E-state index in [1.807, 2.05) is 0 Å². The molecule has 2 aromatic heterocycles. The van der Waals surface area contributed by atoms with Gasteiger partial charge in [0.05, 0.1) is 6.61 Å². The second-order valence-electron chi connectivity index (χ2n) is 6.06. The lowest BCUT2D eigenvalue weighted by Crippen LogP contribution is -2.28. The third-order valence-electron chi connectivity index (χ3n) is 4.29. The van der Waals surface area contributed by atoms with E-state index in [9.17, 15) is 19.5 Å². The lowest BCUT2D eigenvalue weighted by molar-refractivity contribution is 0.0928. The van der Waals surface area contributed by atoms with Crippen LogP contribution in [-0.4, -0.2) is 46.2 Å². The fourth-order valence-corrected chi connectivity index (χ4v) is 2.56. The number of amides is 1. The zero-order valence-corrected chi connectivity index (χ0v) is 15.8. The number of methoxy groups -OCH3 is 1. The molecule has 2 N–H and O–H groups in total. The van der Waals surface area contributed by atoms with Crippen molar-refractivity contribution in [3.63, 3.8) is 0 Å². The minimum Gasteiger partial charge on any atom is -0.507 e. The van der Waals surface area contributed by atoms with Crippen molar-refractivity contribution < 1.29 is 19.4 Å². The van der Waals surface area contributed by atoms with Gasteiger partial charge < -0.3 is 24.3 Å². The van der Waals surface area contributed by atoms with Crippen LogP contribution in [0.3, 0.4) is 0 Å². The summed E-state index contributed by atoms with van der Waals surface area (Å²) >= 11 is 0. The first-order valence-corrected chi connectivity index (χ1v) is 8.32. The van der Waals surface area contributed by atoms with Gasteiger partial charge in [-0.25, -0.2) is 0 Å². The van der Waals surface area contributed by atoms with Gasteiger partial charge in [-0.15, -0.1) is 0 Å². The number of pyridine rings is 1. The van der Waals surface area contributed by atoms with E-state index in [4.69, 9.17) is 4.74 Å². The van der Waals surface area contributed by atoms with E-state index in [0.717, 1.165) is 0 Å². The Morgan fingerprint density at radius 1 is 1.26 bits per heavy atom. The smallest absolute Gasteiger partial charge is 0.267 e. The largest absolute Gasteiger partial charge is 0.507 e. The first-order valence-electron chi connectivity index (χ1n) is 8.32. The lowest BCUT2D eigenvalue weighted by atomic mass is 10.1. The number of rotatable bonds is 7. The number of carbonyl (C=O) groups is 2. The number of ether oxygens (including phenoxy) is 1. The Balaban J connectivity index is 2.22. The average Bonchev–Trinajstić information content (AvgIpc) is 2.99. The number of hydrogen-bond acceptors (Lipinski definition) is 5. The van der Waals surface area contributed by atoms with Gasteiger partial charge in [-0.05, 0) is 31.2 Å². The molecular formula is C19H23N3O5. The molecule has 0 bridgehead atoms. The van der Waals surface area contributed by atoms with Crippen LogP contribution in [0.1, 0.15) is 32.2 Å². The topological polar surface area (TPSA) is 103 Å². The molecule has 2 rings (SSSR count). The molecule has 0 unspecified atom stereocenters. The average molecular weight is 373 g/mol. The number of ketones is 1. The van der Waals surface area contributed by atoms with E-state index >= 15 is 0 Å².